The summed E-state index contributed by atoms with van der Waals surface area (Å²) >= 11 is 1.89. The van der Waals surface area contributed by atoms with Gasteiger partial charge in [-0.15, -0.1) is 11.3 Å². The topological polar surface area (TPSA) is 0 Å². The van der Waals surface area contributed by atoms with Gasteiger partial charge in [-0.3, -0.25) is 0 Å². The van der Waals surface area contributed by atoms with Crippen LogP contribution in [0.4, 0.5) is 0 Å². The second-order valence-corrected chi connectivity index (χ2v) is 9.18. The predicted octanol–water partition coefficient (Wildman–Crippen LogP) is 9.57. The molecule has 0 fully saturated rings. The van der Waals surface area contributed by atoms with E-state index in [2.05, 4.69) is 133 Å². The number of hydrogen-bond acceptors (Lipinski definition) is 1. The number of fused-ring (bicyclic) bond motifs is 1. The number of hydrogen-bond donors (Lipinski definition) is 0. The van der Waals surface area contributed by atoms with Gasteiger partial charge in [-0.25, -0.2) is 0 Å². The van der Waals surface area contributed by atoms with Crippen molar-refractivity contribution in [2.24, 2.45) is 0 Å². The zero-order valence-corrected chi connectivity index (χ0v) is 18.9. The quantitative estimate of drug-likeness (QED) is 0.257. The van der Waals surface area contributed by atoms with Crippen LogP contribution in [0.2, 0.25) is 0 Å². The Morgan fingerprint density at radius 2 is 0.758 bits per heavy atom. The molecule has 0 aliphatic rings. The highest BCUT2D eigenvalue weighted by molar-refractivity contribution is 7.21. The van der Waals surface area contributed by atoms with Gasteiger partial charge in [0.1, 0.15) is 0 Å². The van der Waals surface area contributed by atoms with Crippen LogP contribution in [-0.2, 0) is 0 Å². The highest BCUT2D eigenvalue weighted by Gasteiger charge is 2.16. The summed E-state index contributed by atoms with van der Waals surface area (Å²) in [6.07, 6.45) is 0. The van der Waals surface area contributed by atoms with Crippen molar-refractivity contribution >= 4 is 22.1 Å². The molecular formula is C32H22S. The molecule has 0 saturated carbocycles. The van der Waals surface area contributed by atoms with Crippen LogP contribution in [0.25, 0.3) is 53.9 Å². The summed E-state index contributed by atoms with van der Waals surface area (Å²) in [7, 11) is 0. The van der Waals surface area contributed by atoms with Gasteiger partial charge >= 0.3 is 0 Å². The van der Waals surface area contributed by atoms with Gasteiger partial charge in [0.15, 0.2) is 0 Å². The number of rotatable bonds is 4. The smallest absolute Gasteiger partial charge is 0.0434 e. The molecule has 0 bridgehead atoms. The number of benzene rings is 5. The van der Waals surface area contributed by atoms with Gasteiger partial charge in [0.2, 0.25) is 0 Å². The van der Waals surface area contributed by atoms with Crippen LogP contribution in [-0.4, -0.2) is 0 Å². The Morgan fingerprint density at radius 3 is 1.42 bits per heavy atom. The molecule has 0 unspecified atom stereocenters. The van der Waals surface area contributed by atoms with Crippen molar-refractivity contribution in [3.05, 3.63) is 133 Å². The van der Waals surface area contributed by atoms with Crippen molar-refractivity contribution < 1.29 is 0 Å². The minimum atomic E-state index is 1.25. The lowest BCUT2D eigenvalue weighted by Crippen LogP contribution is -1.82. The van der Waals surface area contributed by atoms with E-state index in [1.165, 1.54) is 53.9 Å². The van der Waals surface area contributed by atoms with E-state index in [0.717, 1.165) is 0 Å². The molecule has 0 aliphatic heterocycles. The zero-order valence-electron chi connectivity index (χ0n) is 18.1. The predicted molar refractivity (Wildman–Crippen MR) is 144 cm³/mol. The van der Waals surface area contributed by atoms with Gasteiger partial charge in [-0.2, -0.15) is 0 Å². The lowest BCUT2D eigenvalue weighted by Gasteiger charge is -2.09. The summed E-state index contributed by atoms with van der Waals surface area (Å²) in [4.78, 5) is 2.65. The van der Waals surface area contributed by atoms with Gasteiger partial charge in [0.05, 0.1) is 0 Å². The van der Waals surface area contributed by atoms with Crippen molar-refractivity contribution in [1.29, 1.82) is 0 Å². The molecule has 0 saturated heterocycles. The molecule has 33 heavy (non-hydrogen) atoms. The summed E-state index contributed by atoms with van der Waals surface area (Å²) in [6.45, 7) is 0. The van der Waals surface area contributed by atoms with Crippen LogP contribution in [0.5, 0.6) is 0 Å². The van der Waals surface area contributed by atoms with E-state index in [1.807, 2.05) is 11.3 Å². The average Bonchev–Trinajstić information content (AvgIpc) is 3.29. The van der Waals surface area contributed by atoms with Crippen LogP contribution in [0.3, 0.4) is 0 Å². The van der Waals surface area contributed by atoms with Crippen molar-refractivity contribution in [3.8, 4) is 43.1 Å². The lowest BCUT2D eigenvalue weighted by molar-refractivity contribution is 1.62. The molecule has 1 aromatic heterocycles. The molecule has 0 radical (unpaired) electrons. The molecule has 0 spiro atoms. The number of thiophene rings is 1. The Balaban J connectivity index is 1.50. The maximum absolute atomic E-state index is 2.26. The maximum atomic E-state index is 2.26. The fourth-order valence-corrected chi connectivity index (χ4v) is 5.82. The third-order valence-corrected chi connectivity index (χ3v) is 7.43. The van der Waals surface area contributed by atoms with E-state index >= 15 is 0 Å². The second-order valence-electron chi connectivity index (χ2n) is 8.16. The molecule has 1 heteroatoms. The molecule has 0 atom stereocenters. The van der Waals surface area contributed by atoms with Gasteiger partial charge in [0.25, 0.3) is 0 Å². The van der Waals surface area contributed by atoms with Crippen LogP contribution in [0.1, 0.15) is 0 Å². The first-order chi connectivity index (χ1) is 16.4. The molecule has 6 aromatic rings. The normalized spacial score (nSPS) is 11.0. The average molecular weight is 439 g/mol. The molecule has 156 valence electrons. The van der Waals surface area contributed by atoms with Crippen molar-refractivity contribution in [1.82, 2.24) is 0 Å². The Labute approximate surface area is 198 Å². The molecule has 0 N–H and O–H groups in total. The molecule has 0 aliphatic carbocycles. The highest BCUT2D eigenvalue weighted by atomic mass is 32.1. The Kier molecular flexibility index (Phi) is 5.10. The van der Waals surface area contributed by atoms with Crippen LogP contribution < -0.4 is 0 Å². The van der Waals surface area contributed by atoms with E-state index in [4.69, 9.17) is 0 Å². The molecular weight excluding hydrogens is 416 g/mol. The second kappa shape index (κ2) is 8.54. The van der Waals surface area contributed by atoms with Crippen LogP contribution in [0.15, 0.2) is 133 Å². The Morgan fingerprint density at radius 1 is 0.303 bits per heavy atom. The first-order valence-corrected chi connectivity index (χ1v) is 12.0. The van der Waals surface area contributed by atoms with Gasteiger partial charge < -0.3 is 0 Å². The maximum Gasteiger partial charge on any atom is 0.0434 e. The largest absolute Gasteiger partial charge is 0.134 e. The third-order valence-electron chi connectivity index (χ3n) is 6.13. The summed E-state index contributed by atoms with van der Waals surface area (Å²) in [5.74, 6) is 0. The van der Waals surface area contributed by atoms with Gasteiger partial charge in [-0.1, -0.05) is 133 Å². The van der Waals surface area contributed by atoms with Crippen LogP contribution >= 0.6 is 11.3 Å². The standard InChI is InChI=1S/C32H22S/c1-3-11-23(12-4-1)24-19-21-26(22-20-24)31-29-17-9-10-18-30(29)32(33-31)28-16-8-7-15-27(28)25-13-5-2-6-14-25/h1-22H. The first kappa shape index (κ1) is 19.7. The van der Waals surface area contributed by atoms with Crippen LogP contribution in [0, 0.1) is 0 Å². The molecule has 6 rings (SSSR count). The van der Waals surface area contributed by atoms with Crippen molar-refractivity contribution in [2.45, 2.75) is 0 Å². The zero-order chi connectivity index (χ0) is 22.0. The SMILES string of the molecule is c1ccc(-c2ccc(-c3sc(-c4ccccc4-c4ccccc4)c4ccccc34)cc2)cc1. The molecule has 5 aromatic carbocycles. The third kappa shape index (κ3) is 3.67. The summed E-state index contributed by atoms with van der Waals surface area (Å²) in [6, 6.07) is 47.8. The van der Waals surface area contributed by atoms with Gasteiger partial charge in [0, 0.05) is 26.1 Å². The van der Waals surface area contributed by atoms with E-state index in [9.17, 15) is 0 Å². The van der Waals surface area contributed by atoms with Crippen molar-refractivity contribution in [3.63, 3.8) is 0 Å². The molecule has 0 amide bonds. The lowest BCUT2D eigenvalue weighted by atomic mass is 9.96. The molecule has 1 heterocycles. The van der Waals surface area contributed by atoms with Gasteiger partial charge in [-0.05, 0) is 27.8 Å². The van der Waals surface area contributed by atoms with E-state index in [1.54, 1.807) is 0 Å². The Hall–Kier alpha value is -3.94. The van der Waals surface area contributed by atoms with Crippen molar-refractivity contribution in [2.75, 3.05) is 0 Å². The Bertz CT molecular complexity index is 1520. The minimum absolute atomic E-state index is 1.25. The minimum Gasteiger partial charge on any atom is -0.134 e. The fraction of sp³-hybridized carbons (Fsp3) is 0. The van der Waals surface area contributed by atoms with E-state index in [0.29, 0.717) is 0 Å². The fourth-order valence-electron chi connectivity index (χ4n) is 4.50. The molecule has 0 nitrogen and oxygen atoms in total. The summed E-state index contributed by atoms with van der Waals surface area (Å²) in [5, 5.41) is 2.63. The summed E-state index contributed by atoms with van der Waals surface area (Å²) in [5.41, 5.74) is 7.57. The monoisotopic (exact) mass is 438 g/mol. The first-order valence-electron chi connectivity index (χ1n) is 11.2. The van der Waals surface area contributed by atoms with E-state index in [-0.39, 0.29) is 0 Å². The highest BCUT2D eigenvalue weighted by Crippen LogP contribution is 2.46. The summed E-state index contributed by atoms with van der Waals surface area (Å²) < 4.78 is 0. The van der Waals surface area contributed by atoms with E-state index < -0.39 is 0 Å².